The fraction of sp³-hybridized carbons (Fsp3) is 0.158. The Balaban J connectivity index is 1.97. The molecule has 0 spiro atoms. The number of amides is 1. The van der Waals surface area contributed by atoms with E-state index in [1.807, 2.05) is 19.1 Å². The summed E-state index contributed by atoms with van der Waals surface area (Å²) in [5.74, 6) is -0.581. The third kappa shape index (κ3) is 2.81. The van der Waals surface area contributed by atoms with Gasteiger partial charge in [0.1, 0.15) is 5.75 Å². The molecule has 1 atom stereocenters. The monoisotopic (exact) mass is 341 g/mol. The van der Waals surface area contributed by atoms with Crippen LogP contribution < -0.4 is 5.32 Å². The average Bonchev–Trinajstić information content (AvgIpc) is 2.78. The molecule has 0 aliphatic heterocycles. The van der Waals surface area contributed by atoms with Gasteiger partial charge in [-0.1, -0.05) is 30.7 Å². The number of benzene rings is 2. The van der Waals surface area contributed by atoms with E-state index in [1.54, 1.807) is 24.3 Å². The zero-order valence-corrected chi connectivity index (χ0v) is 14.0. The van der Waals surface area contributed by atoms with E-state index in [-0.39, 0.29) is 28.9 Å². The Hall–Kier alpha value is -2.59. The molecule has 0 radical (unpaired) electrons. The van der Waals surface area contributed by atoms with E-state index >= 15 is 0 Å². The first-order valence-electron chi connectivity index (χ1n) is 7.53. The summed E-state index contributed by atoms with van der Waals surface area (Å²) in [5.41, 5.74) is 3.07. The maximum absolute atomic E-state index is 12.7. The number of phenolic OH excluding ortho intramolecular Hbond substituents is 1. The van der Waals surface area contributed by atoms with Crippen molar-refractivity contribution >= 4 is 35.1 Å². The van der Waals surface area contributed by atoms with Gasteiger partial charge in [-0.2, -0.15) is 0 Å². The quantitative estimate of drug-likeness (QED) is 0.796. The highest BCUT2D eigenvalue weighted by Crippen LogP contribution is 2.45. The minimum Gasteiger partial charge on any atom is -0.507 e. The van der Waals surface area contributed by atoms with Gasteiger partial charge in [-0.15, -0.1) is 0 Å². The van der Waals surface area contributed by atoms with Gasteiger partial charge >= 0.3 is 0 Å². The topological polar surface area (TPSA) is 66.4 Å². The minimum atomic E-state index is -0.205. The molecule has 24 heavy (non-hydrogen) atoms. The lowest BCUT2D eigenvalue weighted by Gasteiger charge is -2.08. The minimum absolute atomic E-state index is 0.0457. The molecule has 3 rings (SSSR count). The van der Waals surface area contributed by atoms with E-state index in [2.05, 4.69) is 5.32 Å². The smallest absolute Gasteiger partial charge is 0.221 e. The van der Waals surface area contributed by atoms with E-state index in [9.17, 15) is 14.7 Å². The number of phenols is 1. The van der Waals surface area contributed by atoms with Crippen LogP contribution in [0, 0.1) is 0 Å². The van der Waals surface area contributed by atoms with E-state index < -0.39 is 0 Å². The van der Waals surface area contributed by atoms with Crippen molar-refractivity contribution in [2.24, 2.45) is 0 Å². The molecule has 2 aromatic carbocycles. The molecule has 0 saturated carbocycles. The van der Waals surface area contributed by atoms with E-state index in [1.165, 1.54) is 13.0 Å². The molecule has 4 nitrogen and oxygen atoms in total. The van der Waals surface area contributed by atoms with Gasteiger partial charge in [0.15, 0.2) is 5.78 Å². The van der Waals surface area contributed by atoms with Gasteiger partial charge in [-0.25, -0.2) is 0 Å². The van der Waals surface area contributed by atoms with Crippen LogP contribution >= 0.6 is 11.6 Å². The Labute approximate surface area is 144 Å². The fourth-order valence-corrected chi connectivity index (χ4v) is 3.30. The largest absolute Gasteiger partial charge is 0.507 e. The van der Waals surface area contributed by atoms with Gasteiger partial charge in [0.2, 0.25) is 5.91 Å². The molecule has 122 valence electrons. The van der Waals surface area contributed by atoms with E-state index in [0.717, 1.165) is 5.56 Å². The number of aromatic hydroxyl groups is 1. The third-order valence-electron chi connectivity index (χ3n) is 4.11. The number of nitrogens with one attached hydrogen (secondary N) is 1. The molecule has 0 saturated heterocycles. The lowest BCUT2D eigenvalue weighted by Crippen LogP contribution is -2.05. The molecule has 0 heterocycles. The zero-order chi connectivity index (χ0) is 17.4. The fourth-order valence-electron chi connectivity index (χ4n) is 2.98. The SMILES string of the molecule is CC(=O)Nc1ccc(/C=C2/C(=O)c3c(O)ccc(Cl)c3C2C)cc1. The van der Waals surface area contributed by atoms with Crippen LogP contribution in [-0.4, -0.2) is 16.8 Å². The van der Waals surface area contributed by atoms with Gasteiger partial charge in [0, 0.05) is 29.1 Å². The van der Waals surface area contributed by atoms with Crippen LogP contribution in [0.3, 0.4) is 0 Å². The van der Waals surface area contributed by atoms with Crippen molar-refractivity contribution in [2.45, 2.75) is 19.8 Å². The van der Waals surface area contributed by atoms with Crippen LogP contribution in [0.2, 0.25) is 5.02 Å². The molecule has 1 unspecified atom stereocenters. The molecule has 0 bridgehead atoms. The first-order chi connectivity index (χ1) is 11.4. The molecule has 2 N–H and O–H groups in total. The normalized spacial score (nSPS) is 17.9. The van der Waals surface area contributed by atoms with Crippen molar-refractivity contribution in [3.63, 3.8) is 0 Å². The van der Waals surface area contributed by atoms with Crippen LogP contribution in [0.4, 0.5) is 5.69 Å². The molecular formula is C19H16ClNO3. The molecular weight excluding hydrogens is 326 g/mol. The summed E-state index contributed by atoms with van der Waals surface area (Å²) >= 11 is 6.21. The highest BCUT2D eigenvalue weighted by atomic mass is 35.5. The van der Waals surface area contributed by atoms with Crippen molar-refractivity contribution in [1.82, 2.24) is 0 Å². The average molecular weight is 342 g/mol. The van der Waals surface area contributed by atoms with E-state index in [4.69, 9.17) is 11.6 Å². The number of carbonyl (C=O) groups excluding carboxylic acids is 2. The van der Waals surface area contributed by atoms with Crippen molar-refractivity contribution in [3.05, 3.63) is 63.7 Å². The first-order valence-corrected chi connectivity index (χ1v) is 7.91. The predicted molar refractivity (Wildman–Crippen MR) is 94.6 cm³/mol. The lowest BCUT2D eigenvalue weighted by atomic mass is 9.98. The number of allylic oxidation sites excluding steroid dienone is 1. The second-order valence-electron chi connectivity index (χ2n) is 5.81. The summed E-state index contributed by atoms with van der Waals surface area (Å²) in [7, 11) is 0. The van der Waals surface area contributed by atoms with Crippen molar-refractivity contribution in [3.8, 4) is 5.75 Å². The Kier molecular flexibility index (Phi) is 4.16. The summed E-state index contributed by atoms with van der Waals surface area (Å²) in [5, 5.41) is 13.2. The Morgan fingerprint density at radius 3 is 2.46 bits per heavy atom. The number of halogens is 1. The molecule has 2 aromatic rings. The molecule has 1 amide bonds. The van der Waals surface area contributed by atoms with Crippen molar-refractivity contribution in [1.29, 1.82) is 0 Å². The first kappa shape index (κ1) is 16.3. The van der Waals surface area contributed by atoms with Crippen LogP contribution in [0.1, 0.15) is 41.3 Å². The standard InChI is InChI=1S/C19H16ClNO3/c1-10-14(9-12-3-5-13(6-4-12)21-11(2)22)19(24)18-16(23)8-7-15(20)17(10)18/h3-10,23H,1-2H3,(H,21,22)/b14-9+. The Morgan fingerprint density at radius 1 is 1.21 bits per heavy atom. The zero-order valence-electron chi connectivity index (χ0n) is 13.3. The maximum Gasteiger partial charge on any atom is 0.221 e. The highest BCUT2D eigenvalue weighted by molar-refractivity contribution is 6.33. The van der Waals surface area contributed by atoms with Crippen molar-refractivity contribution in [2.75, 3.05) is 5.32 Å². The van der Waals surface area contributed by atoms with Gasteiger partial charge in [0.05, 0.1) is 5.56 Å². The van der Waals surface area contributed by atoms with Crippen LogP contribution in [0.25, 0.3) is 6.08 Å². The second kappa shape index (κ2) is 6.13. The summed E-state index contributed by atoms with van der Waals surface area (Å²) in [4.78, 5) is 23.7. The number of rotatable bonds is 2. The highest BCUT2D eigenvalue weighted by Gasteiger charge is 2.35. The number of ketones is 1. The van der Waals surface area contributed by atoms with Gasteiger partial charge < -0.3 is 10.4 Å². The van der Waals surface area contributed by atoms with Gasteiger partial charge in [-0.3, -0.25) is 9.59 Å². The number of Topliss-reactive ketones (excluding diaryl/α,β-unsaturated/α-hetero) is 1. The molecule has 0 fully saturated rings. The van der Waals surface area contributed by atoms with Crippen LogP contribution in [-0.2, 0) is 4.79 Å². The predicted octanol–water partition coefficient (Wildman–Crippen LogP) is 4.39. The number of carbonyl (C=O) groups is 2. The summed E-state index contributed by atoms with van der Waals surface area (Å²) in [6, 6.07) is 10.2. The Morgan fingerprint density at radius 2 is 1.88 bits per heavy atom. The van der Waals surface area contributed by atoms with Gasteiger partial charge in [-0.05, 0) is 41.5 Å². The summed E-state index contributed by atoms with van der Waals surface area (Å²) in [6.45, 7) is 3.34. The Bertz CT molecular complexity index is 869. The third-order valence-corrected chi connectivity index (χ3v) is 4.44. The number of hydrogen-bond acceptors (Lipinski definition) is 3. The molecule has 0 aromatic heterocycles. The van der Waals surface area contributed by atoms with Crippen LogP contribution in [0.15, 0.2) is 42.0 Å². The molecule has 1 aliphatic rings. The maximum atomic E-state index is 12.7. The second-order valence-corrected chi connectivity index (χ2v) is 6.22. The number of hydrogen-bond donors (Lipinski definition) is 2. The summed E-state index contributed by atoms with van der Waals surface area (Å²) < 4.78 is 0. The number of fused-ring (bicyclic) bond motifs is 1. The summed E-state index contributed by atoms with van der Waals surface area (Å²) in [6.07, 6.45) is 1.79. The van der Waals surface area contributed by atoms with E-state index in [0.29, 0.717) is 21.8 Å². The number of anilines is 1. The molecule has 5 heteroatoms. The van der Waals surface area contributed by atoms with Crippen LogP contribution in [0.5, 0.6) is 5.75 Å². The lowest BCUT2D eigenvalue weighted by molar-refractivity contribution is -0.114. The molecule has 1 aliphatic carbocycles. The van der Waals surface area contributed by atoms with Crippen molar-refractivity contribution < 1.29 is 14.7 Å². The van der Waals surface area contributed by atoms with Gasteiger partial charge in [0.25, 0.3) is 0 Å².